The van der Waals surface area contributed by atoms with Gasteiger partial charge < -0.3 is 19.1 Å². The predicted octanol–water partition coefficient (Wildman–Crippen LogP) is 2.18. The van der Waals surface area contributed by atoms with Gasteiger partial charge in [0.1, 0.15) is 34.6 Å². The summed E-state index contributed by atoms with van der Waals surface area (Å²) in [5.74, 6) is -0.505. The molecule has 0 unspecified atom stereocenters. The number of piperidine rings is 1. The van der Waals surface area contributed by atoms with E-state index in [2.05, 4.69) is 10.2 Å². The average Bonchev–Trinajstić information content (AvgIpc) is 3.01. The molecule has 1 aromatic carbocycles. The molecule has 152 valence electrons. The molecule has 1 aliphatic heterocycles. The molecule has 0 radical (unpaired) electrons. The monoisotopic (exact) mass is 393 g/mol. The van der Waals surface area contributed by atoms with Crippen molar-refractivity contribution in [2.24, 2.45) is 7.05 Å². The van der Waals surface area contributed by atoms with Crippen molar-refractivity contribution in [3.63, 3.8) is 0 Å². The van der Waals surface area contributed by atoms with E-state index in [0.717, 1.165) is 23.8 Å². The fourth-order valence-corrected chi connectivity index (χ4v) is 3.52. The quantitative estimate of drug-likeness (QED) is 0.779. The molecule has 0 atom stereocenters. The van der Waals surface area contributed by atoms with Gasteiger partial charge in [0.05, 0.1) is 13.7 Å². The fraction of sp³-hybridized carbons (Fsp3) is 0.526. The SMILES string of the molecule is COc1cc(F)c(C(=O)N2CCC(c3nnc(CN(C)C)n3C)CC2)c(F)c1. The lowest BCUT2D eigenvalue weighted by Crippen LogP contribution is -2.39. The van der Waals surface area contributed by atoms with E-state index >= 15 is 0 Å². The lowest BCUT2D eigenvalue weighted by Gasteiger charge is -2.31. The smallest absolute Gasteiger partial charge is 0.259 e. The van der Waals surface area contributed by atoms with Crippen LogP contribution in [-0.4, -0.2) is 64.8 Å². The van der Waals surface area contributed by atoms with Gasteiger partial charge in [0.15, 0.2) is 0 Å². The van der Waals surface area contributed by atoms with Crippen molar-refractivity contribution in [1.29, 1.82) is 0 Å². The highest BCUT2D eigenvalue weighted by molar-refractivity contribution is 5.95. The largest absolute Gasteiger partial charge is 0.497 e. The Morgan fingerprint density at radius 2 is 1.82 bits per heavy atom. The van der Waals surface area contributed by atoms with Crippen LogP contribution in [-0.2, 0) is 13.6 Å². The van der Waals surface area contributed by atoms with Crippen LogP contribution in [0.1, 0.15) is 40.8 Å². The molecule has 2 heterocycles. The summed E-state index contributed by atoms with van der Waals surface area (Å²) < 4.78 is 35.2. The predicted molar refractivity (Wildman–Crippen MR) is 99.2 cm³/mol. The third-order valence-electron chi connectivity index (χ3n) is 5.07. The number of halogens is 2. The third kappa shape index (κ3) is 3.99. The number of aromatic nitrogens is 3. The maximum atomic E-state index is 14.2. The summed E-state index contributed by atoms with van der Waals surface area (Å²) in [4.78, 5) is 16.2. The minimum Gasteiger partial charge on any atom is -0.497 e. The third-order valence-corrected chi connectivity index (χ3v) is 5.07. The molecule has 7 nitrogen and oxygen atoms in total. The molecule has 1 aromatic heterocycles. The fourth-order valence-electron chi connectivity index (χ4n) is 3.52. The standard InChI is InChI=1S/C19H25F2N5O2/c1-24(2)11-16-22-23-18(25(16)3)12-5-7-26(8-6-12)19(27)17-14(20)9-13(28-4)10-15(17)21/h9-10,12H,5-8,11H2,1-4H3. The second-order valence-corrected chi connectivity index (χ2v) is 7.30. The van der Waals surface area contributed by atoms with E-state index in [-0.39, 0.29) is 11.7 Å². The lowest BCUT2D eigenvalue weighted by atomic mass is 9.95. The van der Waals surface area contributed by atoms with Crippen molar-refractivity contribution in [2.45, 2.75) is 25.3 Å². The van der Waals surface area contributed by atoms with E-state index in [1.165, 1.54) is 12.0 Å². The maximum absolute atomic E-state index is 14.2. The highest BCUT2D eigenvalue weighted by Crippen LogP contribution is 2.29. The topological polar surface area (TPSA) is 63.5 Å². The summed E-state index contributed by atoms with van der Waals surface area (Å²) in [6.07, 6.45) is 1.33. The first-order chi connectivity index (χ1) is 13.3. The van der Waals surface area contributed by atoms with Gasteiger partial charge in [-0.15, -0.1) is 10.2 Å². The molecule has 1 fully saturated rings. The van der Waals surface area contributed by atoms with E-state index in [0.29, 0.717) is 32.5 Å². The Morgan fingerprint density at radius 3 is 2.36 bits per heavy atom. The van der Waals surface area contributed by atoms with Crippen molar-refractivity contribution in [3.05, 3.63) is 41.0 Å². The van der Waals surface area contributed by atoms with Gasteiger partial charge in [-0.25, -0.2) is 8.78 Å². The van der Waals surface area contributed by atoms with Crippen LogP contribution in [0, 0.1) is 11.6 Å². The molecule has 1 amide bonds. The number of hydrogen-bond acceptors (Lipinski definition) is 5. The molecule has 3 rings (SSSR count). The number of methoxy groups -OCH3 is 1. The average molecular weight is 393 g/mol. The van der Waals surface area contributed by atoms with Gasteiger partial charge in [0.25, 0.3) is 5.91 Å². The molecule has 9 heteroatoms. The summed E-state index contributed by atoms with van der Waals surface area (Å²) in [6, 6.07) is 2.05. The van der Waals surface area contributed by atoms with Crippen LogP contribution < -0.4 is 4.74 Å². The van der Waals surface area contributed by atoms with Crippen LogP contribution in [0.4, 0.5) is 8.78 Å². The number of amides is 1. The van der Waals surface area contributed by atoms with Crippen molar-refractivity contribution >= 4 is 5.91 Å². The van der Waals surface area contributed by atoms with E-state index < -0.39 is 23.1 Å². The highest BCUT2D eigenvalue weighted by Gasteiger charge is 2.30. The van der Waals surface area contributed by atoms with Gasteiger partial charge in [-0.3, -0.25) is 4.79 Å². The second-order valence-electron chi connectivity index (χ2n) is 7.30. The Kier molecular flexibility index (Phi) is 5.93. The molecule has 0 spiro atoms. The van der Waals surface area contributed by atoms with Crippen LogP contribution in [0.5, 0.6) is 5.75 Å². The molecular formula is C19H25F2N5O2. The molecule has 1 saturated heterocycles. The van der Waals surface area contributed by atoms with Gasteiger partial charge >= 0.3 is 0 Å². The Hall–Kier alpha value is -2.55. The summed E-state index contributed by atoms with van der Waals surface area (Å²) in [7, 11) is 7.19. The number of hydrogen-bond donors (Lipinski definition) is 0. The number of nitrogens with zero attached hydrogens (tertiary/aromatic N) is 5. The van der Waals surface area contributed by atoms with E-state index in [1.54, 1.807) is 0 Å². The van der Waals surface area contributed by atoms with Crippen LogP contribution >= 0.6 is 0 Å². The zero-order chi connectivity index (χ0) is 20.4. The number of likely N-dealkylation sites (tertiary alicyclic amines) is 1. The van der Waals surface area contributed by atoms with Gasteiger partial charge in [0.2, 0.25) is 0 Å². The van der Waals surface area contributed by atoms with E-state index in [4.69, 9.17) is 4.74 Å². The summed E-state index contributed by atoms with van der Waals surface area (Å²) in [5.41, 5.74) is -0.536. The van der Waals surface area contributed by atoms with E-state index in [1.807, 2.05) is 30.6 Å². The molecular weight excluding hydrogens is 368 g/mol. The first-order valence-corrected chi connectivity index (χ1v) is 9.17. The van der Waals surface area contributed by atoms with Crippen LogP contribution in [0.25, 0.3) is 0 Å². The van der Waals surface area contributed by atoms with Gasteiger partial charge in [-0.05, 0) is 26.9 Å². The number of carbonyl (C=O) groups excluding carboxylic acids is 1. The Labute approximate surface area is 162 Å². The van der Waals surface area contributed by atoms with Crippen LogP contribution in [0.2, 0.25) is 0 Å². The molecule has 0 bridgehead atoms. The Morgan fingerprint density at radius 1 is 1.21 bits per heavy atom. The zero-order valence-corrected chi connectivity index (χ0v) is 16.6. The second kappa shape index (κ2) is 8.22. The van der Waals surface area contributed by atoms with Crippen molar-refractivity contribution < 1.29 is 18.3 Å². The maximum Gasteiger partial charge on any atom is 0.259 e. The van der Waals surface area contributed by atoms with Gasteiger partial charge in [-0.2, -0.15) is 0 Å². The minimum atomic E-state index is -0.911. The van der Waals surface area contributed by atoms with Crippen molar-refractivity contribution in [2.75, 3.05) is 34.3 Å². The summed E-state index contributed by atoms with van der Waals surface area (Å²) in [5, 5.41) is 8.57. The molecule has 2 aromatic rings. The number of rotatable bonds is 5. The highest BCUT2D eigenvalue weighted by atomic mass is 19.1. The zero-order valence-electron chi connectivity index (χ0n) is 16.6. The molecule has 0 N–H and O–H groups in total. The first-order valence-electron chi connectivity index (χ1n) is 9.17. The van der Waals surface area contributed by atoms with Crippen LogP contribution in [0.3, 0.4) is 0 Å². The number of ether oxygens (including phenoxy) is 1. The molecule has 28 heavy (non-hydrogen) atoms. The summed E-state index contributed by atoms with van der Waals surface area (Å²) >= 11 is 0. The van der Waals surface area contributed by atoms with Crippen molar-refractivity contribution in [3.8, 4) is 5.75 Å². The Balaban J connectivity index is 1.69. The number of benzene rings is 1. The van der Waals surface area contributed by atoms with Gasteiger partial charge in [0, 0.05) is 38.2 Å². The van der Waals surface area contributed by atoms with Crippen LogP contribution in [0.15, 0.2) is 12.1 Å². The molecule has 0 aliphatic carbocycles. The molecule has 0 saturated carbocycles. The number of carbonyl (C=O) groups is 1. The Bertz CT molecular complexity index is 837. The summed E-state index contributed by atoms with van der Waals surface area (Å²) in [6.45, 7) is 1.51. The lowest BCUT2D eigenvalue weighted by molar-refractivity contribution is 0.0700. The van der Waals surface area contributed by atoms with Crippen molar-refractivity contribution in [1.82, 2.24) is 24.6 Å². The van der Waals surface area contributed by atoms with Gasteiger partial charge in [-0.1, -0.05) is 0 Å². The first kappa shape index (κ1) is 20.2. The van der Waals surface area contributed by atoms with E-state index in [9.17, 15) is 13.6 Å². The normalized spacial score (nSPS) is 15.3. The minimum absolute atomic E-state index is 0.0427. The molecule has 1 aliphatic rings.